The molecule has 2 saturated carbocycles. The second-order valence-corrected chi connectivity index (χ2v) is 18.2. The van der Waals surface area contributed by atoms with Crippen molar-refractivity contribution in [3.8, 4) is 0 Å². The number of fused-ring (bicyclic) bond motifs is 1. The molecule has 0 amide bonds. The summed E-state index contributed by atoms with van der Waals surface area (Å²) in [6, 6.07) is 0. The Hall–Kier alpha value is -3.14. The van der Waals surface area contributed by atoms with Crippen LogP contribution in [0.15, 0.2) is 94.7 Å². The third-order valence-corrected chi connectivity index (χ3v) is 11.8. The highest BCUT2D eigenvalue weighted by atomic mass is 16.6. The van der Waals surface area contributed by atoms with Gasteiger partial charge in [0.15, 0.2) is 12.1 Å². The van der Waals surface area contributed by atoms with E-state index in [1.807, 2.05) is 88.5 Å². The Morgan fingerprint density at radius 3 is 2.05 bits per heavy atom. The summed E-state index contributed by atoms with van der Waals surface area (Å²) in [5.41, 5.74) is 1.90. The molecule has 3 fully saturated rings. The number of hydrogen-bond acceptors (Lipinski definition) is 8. The zero-order valence-corrected chi connectivity index (χ0v) is 36.2. The number of carbonyl (C=O) groups excluding carboxylic acids is 2. The number of ketones is 1. The van der Waals surface area contributed by atoms with Crippen LogP contribution in [0, 0.1) is 10.8 Å². The van der Waals surface area contributed by atoms with Crippen LogP contribution in [0.2, 0.25) is 0 Å². The molecule has 0 radical (unpaired) electrons. The van der Waals surface area contributed by atoms with Crippen LogP contribution in [0.4, 0.5) is 0 Å². The molecule has 3 aliphatic rings. The van der Waals surface area contributed by atoms with Crippen molar-refractivity contribution in [1.82, 2.24) is 0 Å². The van der Waals surface area contributed by atoms with Gasteiger partial charge in [0.25, 0.3) is 0 Å². The fraction of sp³-hybridized carbons (Fsp3) is 0.625. The van der Waals surface area contributed by atoms with Gasteiger partial charge < -0.3 is 29.5 Å². The highest BCUT2D eigenvalue weighted by Gasteiger charge is 2.76. The molecule has 0 aromatic rings. The Balaban J connectivity index is 1.63. The molecule has 3 rings (SSSR count). The van der Waals surface area contributed by atoms with E-state index in [0.717, 1.165) is 41.6 Å². The lowest BCUT2D eigenvalue weighted by Crippen LogP contribution is -2.48. The van der Waals surface area contributed by atoms with Gasteiger partial charge in [-0.1, -0.05) is 125 Å². The van der Waals surface area contributed by atoms with E-state index >= 15 is 0 Å². The Bertz CT molecular complexity index is 1610. The smallest absolute Gasteiger partial charge is 0.302 e. The summed E-state index contributed by atoms with van der Waals surface area (Å²) in [4.78, 5) is 24.8. The van der Waals surface area contributed by atoms with E-state index in [1.165, 1.54) is 6.92 Å². The van der Waals surface area contributed by atoms with E-state index in [2.05, 4.69) is 40.7 Å². The SMILES string of the molecule is CCCCCC(O)OC\C(=C/C=C/C(C)=C/C=C/C=C(C)/C=C/C=C(\C)C(=O)C[C@@]12O[C@]1(C)C[C@@H](O)CC2(C)C)CC=C1C(C)(C)C[C@H](OC(C)=O)C[C@@]1(C)O. The number of Topliss-reactive ketones (excluding diaryl/α,β-unsaturated/α-hetero) is 1. The predicted molar refractivity (Wildman–Crippen MR) is 226 cm³/mol. The van der Waals surface area contributed by atoms with Crippen LogP contribution in [-0.2, 0) is 23.8 Å². The number of esters is 1. The van der Waals surface area contributed by atoms with Gasteiger partial charge in [-0.3, -0.25) is 9.59 Å². The molecule has 2 aliphatic carbocycles. The van der Waals surface area contributed by atoms with Gasteiger partial charge in [-0.25, -0.2) is 0 Å². The Labute approximate surface area is 337 Å². The molecule has 3 N–H and O–H groups in total. The van der Waals surface area contributed by atoms with E-state index in [9.17, 15) is 24.9 Å². The van der Waals surface area contributed by atoms with Gasteiger partial charge in [-0.15, -0.1) is 0 Å². The summed E-state index contributed by atoms with van der Waals surface area (Å²) in [5.74, 6) is -0.269. The summed E-state index contributed by atoms with van der Waals surface area (Å²) in [5, 5.41) is 32.2. The lowest BCUT2D eigenvalue weighted by Gasteiger charge is -2.46. The third kappa shape index (κ3) is 13.2. The molecule has 8 heteroatoms. The van der Waals surface area contributed by atoms with Crippen molar-refractivity contribution in [3.05, 3.63) is 94.7 Å². The lowest BCUT2D eigenvalue weighted by atomic mass is 9.61. The maximum absolute atomic E-state index is 13.2. The fourth-order valence-corrected chi connectivity index (χ4v) is 8.93. The van der Waals surface area contributed by atoms with E-state index < -0.39 is 29.2 Å². The van der Waals surface area contributed by atoms with Crippen LogP contribution >= 0.6 is 0 Å². The fourth-order valence-electron chi connectivity index (χ4n) is 8.93. The number of ether oxygens (including phenoxy) is 3. The Morgan fingerprint density at radius 2 is 1.48 bits per heavy atom. The predicted octanol–water partition coefficient (Wildman–Crippen LogP) is 9.82. The molecule has 0 spiro atoms. The minimum absolute atomic E-state index is 0.0709. The van der Waals surface area contributed by atoms with Crippen molar-refractivity contribution in [2.75, 3.05) is 6.61 Å². The average Bonchev–Trinajstić information content (AvgIpc) is 3.68. The summed E-state index contributed by atoms with van der Waals surface area (Å²) in [6.45, 7) is 21.8. The zero-order chi connectivity index (χ0) is 42.0. The van der Waals surface area contributed by atoms with Gasteiger partial charge in [0.05, 0.1) is 23.9 Å². The maximum Gasteiger partial charge on any atom is 0.302 e. The van der Waals surface area contributed by atoms with Crippen molar-refractivity contribution < 1.29 is 39.1 Å². The summed E-state index contributed by atoms with van der Waals surface area (Å²) >= 11 is 0. The molecular weight excluding hydrogens is 705 g/mol. The van der Waals surface area contributed by atoms with E-state index in [-0.39, 0.29) is 35.3 Å². The number of unbranched alkanes of at least 4 members (excludes halogenated alkanes) is 2. The van der Waals surface area contributed by atoms with Gasteiger partial charge in [-0.2, -0.15) is 0 Å². The van der Waals surface area contributed by atoms with E-state index in [0.29, 0.717) is 50.5 Å². The first-order chi connectivity index (χ1) is 26.1. The molecule has 8 nitrogen and oxygen atoms in total. The van der Waals surface area contributed by atoms with Crippen LogP contribution < -0.4 is 0 Å². The zero-order valence-electron chi connectivity index (χ0n) is 36.2. The standard InChI is InChI=1S/C48H72O8/c1-12-13-14-25-43(52)54-33-38(26-27-42-44(6,7)30-40(55-37(5)49)31-46(42,10)53)24-18-22-35(3)20-16-15-19-34(2)21-17-23-36(4)41(51)32-48-45(8,9)28-39(50)29-47(48,11)56-48/h15-24,27,39-40,43,50,52-53H,12-14,25-26,28-33H2,1-11H3/b16-15+,21-17+,22-18+,34-19+,35-20+,36-23+,38-24-,42-27?/t39-,40-,43?,46+,47+,48-/m0/s1. The minimum atomic E-state index is -1.13. The van der Waals surface area contributed by atoms with Gasteiger partial charge >= 0.3 is 5.97 Å². The average molecular weight is 777 g/mol. The first-order valence-electron chi connectivity index (χ1n) is 20.6. The Morgan fingerprint density at radius 1 is 0.857 bits per heavy atom. The summed E-state index contributed by atoms with van der Waals surface area (Å²) in [6.07, 6.45) is 26.9. The molecule has 1 saturated heterocycles. The van der Waals surface area contributed by atoms with Crippen LogP contribution in [0.3, 0.4) is 0 Å². The molecule has 0 aromatic heterocycles. The third-order valence-electron chi connectivity index (χ3n) is 11.8. The normalized spacial score (nSPS) is 31.0. The van der Waals surface area contributed by atoms with Crippen LogP contribution in [0.25, 0.3) is 0 Å². The number of carbonyl (C=O) groups is 2. The molecule has 0 aromatic carbocycles. The van der Waals surface area contributed by atoms with E-state index in [4.69, 9.17) is 14.2 Å². The van der Waals surface area contributed by atoms with Gasteiger partial charge in [0.2, 0.25) is 0 Å². The molecule has 1 aliphatic heterocycles. The number of aliphatic hydroxyl groups is 3. The molecule has 1 heterocycles. The highest BCUT2D eigenvalue weighted by molar-refractivity contribution is 5.96. The lowest BCUT2D eigenvalue weighted by molar-refractivity contribution is -0.152. The monoisotopic (exact) mass is 777 g/mol. The minimum Gasteiger partial charge on any atom is -0.462 e. The number of aliphatic hydroxyl groups excluding tert-OH is 2. The number of epoxide rings is 1. The number of allylic oxidation sites excluding steroid dienone is 14. The molecule has 56 heavy (non-hydrogen) atoms. The van der Waals surface area contributed by atoms with Crippen LogP contribution in [0.5, 0.6) is 0 Å². The van der Waals surface area contributed by atoms with Crippen molar-refractivity contribution in [2.24, 2.45) is 10.8 Å². The quantitative estimate of drug-likeness (QED) is 0.0225. The van der Waals surface area contributed by atoms with Crippen molar-refractivity contribution >= 4 is 11.8 Å². The molecular formula is C48H72O8. The van der Waals surface area contributed by atoms with Crippen molar-refractivity contribution in [1.29, 1.82) is 0 Å². The summed E-state index contributed by atoms with van der Waals surface area (Å²) in [7, 11) is 0. The number of hydrogen-bond donors (Lipinski definition) is 3. The first-order valence-corrected chi connectivity index (χ1v) is 20.6. The highest BCUT2D eigenvalue weighted by Crippen LogP contribution is 2.67. The maximum atomic E-state index is 13.2. The molecule has 0 bridgehead atoms. The largest absolute Gasteiger partial charge is 0.462 e. The molecule has 312 valence electrons. The van der Waals surface area contributed by atoms with Gasteiger partial charge in [0, 0.05) is 26.2 Å². The van der Waals surface area contributed by atoms with Gasteiger partial charge in [-0.05, 0) is 94.3 Å². The second kappa shape index (κ2) is 20.0. The Kier molecular flexibility index (Phi) is 16.9. The van der Waals surface area contributed by atoms with Crippen LogP contribution in [0.1, 0.15) is 140 Å². The van der Waals surface area contributed by atoms with E-state index in [1.54, 1.807) is 6.92 Å². The molecule has 6 atom stereocenters. The topological polar surface area (TPSA) is 126 Å². The van der Waals surface area contributed by atoms with Gasteiger partial charge in [0.1, 0.15) is 11.7 Å². The molecule has 1 unspecified atom stereocenters. The van der Waals surface area contributed by atoms with Crippen molar-refractivity contribution in [3.63, 3.8) is 0 Å². The first kappa shape index (κ1) is 47.2. The number of rotatable bonds is 19. The van der Waals surface area contributed by atoms with Crippen LogP contribution in [-0.4, -0.2) is 69.0 Å². The summed E-state index contributed by atoms with van der Waals surface area (Å²) < 4.78 is 17.6. The van der Waals surface area contributed by atoms with Crippen molar-refractivity contribution in [2.45, 2.75) is 176 Å². The second-order valence-electron chi connectivity index (χ2n) is 18.2.